The second-order valence-corrected chi connectivity index (χ2v) is 4.42. The topological polar surface area (TPSA) is 43.1 Å². The maximum absolute atomic E-state index is 10.4. The predicted octanol–water partition coefficient (Wildman–Crippen LogP) is -1.14. The maximum Gasteiger partial charge on any atom is 0.329 e. The number of nitro groups is 1. The maximum atomic E-state index is 10.4. The average molecular weight is 267 g/mol. The zero-order valence-electron chi connectivity index (χ0n) is 7.65. The molecule has 0 amide bonds. The molecule has 0 radical (unpaired) electrons. The van der Waals surface area contributed by atoms with Crippen molar-refractivity contribution in [3.05, 3.63) is 22.2 Å². The summed E-state index contributed by atoms with van der Waals surface area (Å²) in [5, 5.41) is 11.5. The van der Waals surface area contributed by atoms with E-state index in [1.54, 1.807) is 12.1 Å². The minimum absolute atomic E-state index is 0. The van der Waals surface area contributed by atoms with Gasteiger partial charge in [-0.1, -0.05) is 0 Å². The number of hydrogen-bond acceptors (Lipinski definition) is 3. The smallest absolute Gasteiger partial charge is 0.329 e. The first-order chi connectivity index (χ1) is 5.41. The van der Waals surface area contributed by atoms with Gasteiger partial charge in [-0.2, -0.15) is 0 Å². The lowest BCUT2D eigenvalue weighted by atomic mass is 10.5. The van der Waals surface area contributed by atoms with E-state index in [4.69, 9.17) is 0 Å². The molecule has 0 aliphatic carbocycles. The average Bonchev–Trinajstić information content (AvgIpc) is 2.30. The molecule has 0 aromatic carbocycles. The van der Waals surface area contributed by atoms with Crippen LogP contribution in [0.1, 0.15) is 0 Å². The molecule has 0 bridgehead atoms. The quantitative estimate of drug-likeness (QED) is 0.386. The Morgan fingerprint density at radius 3 is 2.15 bits per heavy atom. The molecule has 6 heteroatoms. The Morgan fingerprint density at radius 2 is 1.92 bits per heavy atom. The highest BCUT2D eigenvalue weighted by molar-refractivity contribution is 7.18. The zero-order valence-corrected chi connectivity index (χ0v) is 10.1. The van der Waals surface area contributed by atoms with Gasteiger partial charge in [0.15, 0.2) is 5.00 Å². The summed E-state index contributed by atoms with van der Waals surface area (Å²) in [5.74, 6) is 0. The number of nitrogens with zero attached hydrogens (tertiary/aromatic N) is 2. The molecule has 0 fully saturated rings. The summed E-state index contributed by atoms with van der Waals surface area (Å²) in [5.41, 5.74) is 0. The van der Waals surface area contributed by atoms with Crippen LogP contribution in [-0.2, 0) is 0 Å². The predicted molar refractivity (Wildman–Crippen MR) is 50.5 cm³/mol. The minimum Gasteiger partial charge on any atom is -1.00 e. The molecule has 0 N–H and O–H groups in total. The summed E-state index contributed by atoms with van der Waals surface area (Å²) in [7, 11) is 5.95. The molecule has 0 aliphatic heterocycles. The molecule has 1 rings (SSSR count). The van der Waals surface area contributed by atoms with Crippen LogP contribution in [0.5, 0.6) is 0 Å². The van der Waals surface area contributed by atoms with Crippen LogP contribution >= 0.6 is 11.3 Å². The van der Waals surface area contributed by atoms with E-state index >= 15 is 0 Å². The Bertz CT molecular complexity index is 306. The fourth-order valence-corrected chi connectivity index (χ4v) is 1.61. The number of rotatable bonds is 2. The number of quaternary nitrogens is 1. The standard InChI is InChI=1S/C7H11N2O2S.BrH/c1-9(2,3)7-5-4-6(12-7)8(10)11;/h4-5H,1-3H3;1H/q+1;/p-1. The SMILES string of the molecule is C[N+](C)(C)c1ccc([N+](=O)[O-])s1.[Br-]. The van der Waals surface area contributed by atoms with Crippen molar-refractivity contribution >= 4 is 21.3 Å². The zero-order chi connectivity index (χ0) is 9.35. The molecule has 4 nitrogen and oxygen atoms in total. The van der Waals surface area contributed by atoms with Crippen molar-refractivity contribution < 1.29 is 21.9 Å². The molecule has 13 heavy (non-hydrogen) atoms. The summed E-state index contributed by atoms with van der Waals surface area (Å²) < 4.78 is 0.624. The lowest BCUT2D eigenvalue weighted by Crippen LogP contribution is -3.00. The molecular formula is C7H11BrN2O2S. The highest BCUT2D eigenvalue weighted by atomic mass is 79.9. The summed E-state index contributed by atoms with van der Waals surface area (Å²) >= 11 is 1.22. The van der Waals surface area contributed by atoms with E-state index in [9.17, 15) is 10.1 Å². The third-order valence-electron chi connectivity index (χ3n) is 1.42. The summed E-state index contributed by atoms with van der Waals surface area (Å²) in [6.45, 7) is 0. The van der Waals surface area contributed by atoms with Gasteiger partial charge >= 0.3 is 5.00 Å². The van der Waals surface area contributed by atoms with E-state index in [2.05, 4.69) is 0 Å². The van der Waals surface area contributed by atoms with E-state index in [0.29, 0.717) is 4.48 Å². The van der Waals surface area contributed by atoms with Gasteiger partial charge in [0.05, 0.1) is 26.1 Å². The first-order valence-electron chi connectivity index (χ1n) is 3.47. The summed E-state index contributed by atoms with van der Waals surface area (Å²) in [6, 6.07) is 3.34. The molecule has 0 saturated carbocycles. The lowest BCUT2D eigenvalue weighted by molar-refractivity contribution is -0.380. The van der Waals surface area contributed by atoms with E-state index in [-0.39, 0.29) is 26.9 Å². The minimum atomic E-state index is -0.357. The van der Waals surface area contributed by atoms with Crippen LogP contribution in [-0.4, -0.2) is 26.1 Å². The third kappa shape index (κ3) is 3.06. The summed E-state index contributed by atoms with van der Waals surface area (Å²) in [6.07, 6.45) is 0. The van der Waals surface area contributed by atoms with Crippen LogP contribution in [0.25, 0.3) is 0 Å². The van der Waals surface area contributed by atoms with Gasteiger partial charge in [0.1, 0.15) is 0 Å². The molecule has 74 valence electrons. The Kier molecular flexibility index (Phi) is 4.02. The second kappa shape index (κ2) is 4.17. The van der Waals surface area contributed by atoms with Crippen molar-refractivity contribution in [2.75, 3.05) is 21.1 Å². The first-order valence-corrected chi connectivity index (χ1v) is 4.29. The third-order valence-corrected chi connectivity index (χ3v) is 2.81. The van der Waals surface area contributed by atoms with Crippen molar-refractivity contribution in [3.8, 4) is 0 Å². The first kappa shape index (κ1) is 12.5. The van der Waals surface area contributed by atoms with Crippen LogP contribution in [0.3, 0.4) is 0 Å². The Hall–Kier alpha value is -0.460. The molecule has 1 aromatic heterocycles. The van der Waals surface area contributed by atoms with Gasteiger partial charge < -0.3 is 17.0 Å². The Balaban J connectivity index is 0.00000144. The molecule has 0 unspecified atom stereocenters. The highest BCUT2D eigenvalue weighted by Gasteiger charge is 2.19. The molecule has 0 aliphatic rings. The van der Waals surface area contributed by atoms with Crippen LogP contribution < -0.4 is 21.5 Å². The Labute approximate surface area is 91.3 Å². The molecule has 1 aromatic rings. The number of thiophene rings is 1. The van der Waals surface area contributed by atoms with Crippen LogP contribution in [0.4, 0.5) is 10.0 Å². The summed E-state index contributed by atoms with van der Waals surface area (Å²) in [4.78, 5) is 9.99. The molecule has 0 spiro atoms. The van der Waals surface area contributed by atoms with Gasteiger partial charge in [-0.3, -0.25) is 14.6 Å². The van der Waals surface area contributed by atoms with Crippen LogP contribution in [0.2, 0.25) is 0 Å². The normalized spacial score (nSPS) is 10.7. The molecule has 0 saturated heterocycles. The lowest BCUT2D eigenvalue weighted by Gasteiger charge is -2.19. The van der Waals surface area contributed by atoms with E-state index in [0.717, 1.165) is 5.00 Å². The van der Waals surface area contributed by atoms with Crippen molar-refractivity contribution in [2.24, 2.45) is 0 Å². The number of hydrogen-bond donors (Lipinski definition) is 0. The monoisotopic (exact) mass is 266 g/mol. The fraction of sp³-hybridized carbons (Fsp3) is 0.429. The van der Waals surface area contributed by atoms with Gasteiger partial charge in [0, 0.05) is 12.1 Å². The van der Waals surface area contributed by atoms with E-state index < -0.39 is 0 Å². The Morgan fingerprint density at radius 1 is 1.38 bits per heavy atom. The van der Waals surface area contributed by atoms with Crippen LogP contribution in [0.15, 0.2) is 12.1 Å². The highest BCUT2D eigenvalue weighted by Crippen LogP contribution is 2.32. The second-order valence-electron chi connectivity index (χ2n) is 3.38. The fourth-order valence-electron chi connectivity index (χ4n) is 0.776. The van der Waals surface area contributed by atoms with Gasteiger partial charge in [0.25, 0.3) is 0 Å². The largest absolute Gasteiger partial charge is 1.00 e. The van der Waals surface area contributed by atoms with E-state index in [1.807, 2.05) is 21.1 Å². The molecule has 1 heterocycles. The van der Waals surface area contributed by atoms with Gasteiger partial charge in [0.2, 0.25) is 0 Å². The van der Waals surface area contributed by atoms with Crippen LogP contribution in [0, 0.1) is 10.1 Å². The molecule has 0 atom stereocenters. The van der Waals surface area contributed by atoms with Crippen molar-refractivity contribution in [1.29, 1.82) is 0 Å². The van der Waals surface area contributed by atoms with Crippen molar-refractivity contribution in [3.63, 3.8) is 0 Å². The molecular weight excluding hydrogens is 256 g/mol. The van der Waals surface area contributed by atoms with Gasteiger partial charge in [-0.05, 0) is 11.3 Å². The van der Waals surface area contributed by atoms with Crippen molar-refractivity contribution in [2.45, 2.75) is 0 Å². The number of halogens is 1. The van der Waals surface area contributed by atoms with E-state index in [1.165, 1.54) is 11.3 Å². The van der Waals surface area contributed by atoms with Gasteiger partial charge in [-0.25, -0.2) is 0 Å². The van der Waals surface area contributed by atoms with Crippen molar-refractivity contribution in [1.82, 2.24) is 4.48 Å². The van der Waals surface area contributed by atoms with Gasteiger partial charge in [-0.15, -0.1) is 0 Å².